The molecule has 6 nitrogen and oxygen atoms in total. The first-order valence-corrected chi connectivity index (χ1v) is 8.12. The van der Waals surface area contributed by atoms with Gasteiger partial charge >= 0.3 is 5.97 Å². The molecule has 0 unspecified atom stereocenters. The average molecular weight is 339 g/mol. The van der Waals surface area contributed by atoms with Crippen LogP contribution in [-0.4, -0.2) is 29.2 Å². The zero-order chi connectivity index (χ0) is 17.8. The van der Waals surface area contributed by atoms with Crippen LogP contribution >= 0.6 is 0 Å². The lowest BCUT2D eigenvalue weighted by molar-refractivity contribution is 0.0600. The third-order valence-electron chi connectivity index (χ3n) is 3.78. The second-order valence-corrected chi connectivity index (χ2v) is 5.93. The summed E-state index contributed by atoms with van der Waals surface area (Å²) < 4.78 is 10.6. The molecule has 3 rings (SSSR count). The van der Waals surface area contributed by atoms with Gasteiger partial charge in [0, 0.05) is 24.3 Å². The Morgan fingerprint density at radius 1 is 1.28 bits per heavy atom. The number of nitrogens with one attached hydrogen (secondary N) is 2. The van der Waals surface area contributed by atoms with E-state index < -0.39 is 0 Å². The highest BCUT2D eigenvalue weighted by Crippen LogP contribution is 2.28. The maximum atomic E-state index is 11.8. The maximum absolute atomic E-state index is 11.8. The molecule has 0 aliphatic heterocycles. The molecule has 0 amide bonds. The Morgan fingerprint density at radius 3 is 2.88 bits per heavy atom. The fraction of sp³-hybridized carbons (Fsp3) is 0.263. The largest absolute Gasteiger partial charge is 0.489 e. The number of hydrogen-bond acceptors (Lipinski definition) is 5. The van der Waals surface area contributed by atoms with Crippen molar-refractivity contribution in [1.29, 1.82) is 0 Å². The van der Waals surface area contributed by atoms with Crippen LogP contribution in [0.25, 0.3) is 11.0 Å². The number of rotatable bonds is 6. The number of carbonyl (C=O) groups is 1. The minimum Gasteiger partial charge on any atom is -0.489 e. The summed E-state index contributed by atoms with van der Waals surface area (Å²) >= 11 is 0. The van der Waals surface area contributed by atoms with Gasteiger partial charge in [0.1, 0.15) is 11.4 Å². The number of hydrogen-bond donors (Lipinski definition) is 2. The van der Waals surface area contributed by atoms with Crippen LogP contribution < -0.4 is 10.1 Å². The topological polar surface area (TPSA) is 76.2 Å². The molecule has 2 aromatic heterocycles. The smallest absolute Gasteiger partial charge is 0.337 e. The van der Waals surface area contributed by atoms with Crippen molar-refractivity contribution in [2.24, 2.45) is 0 Å². The van der Waals surface area contributed by atoms with Crippen molar-refractivity contribution in [1.82, 2.24) is 9.97 Å². The van der Waals surface area contributed by atoms with Gasteiger partial charge in [0.25, 0.3) is 0 Å². The standard InChI is InChI=1S/C19H21N3O3/c1-12(2)25-17-5-4-13(19(23)24-3)10-16(17)22-11-14-6-8-20-18-15(14)7-9-21-18/h4-10,12,22H,11H2,1-3H3,(H,20,21). The highest BCUT2D eigenvalue weighted by molar-refractivity contribution is 5.91. The molecule has 2 heterocycles. The van der Waals surface area contributed by atoms with Gasteiger partial charge in [0.2, 0.25) is 0 Å². The predicted octanol–water partition coefficient (Wildman–Crippen LogP) is 3.75. The lowest BCUT2D eigenvalue weighted by atomic mass is 10.1. The molecular formula is C19H21N3O3. The molecular weight excluding hydrogens is 318 g/mol. The lowest BCUT2D eigenvalue weighted by Gasteiger charge is -2.17. The van der Waals surface area contributed by atoms with E-state index in [0.717, 1.165) is 22.3 Å². The monoisotopic (exact) mass is 339 g/mol. The fourth-order valence-electron chi connectivity index (χ4n) is 2.63. The molecule has 0 saturated heterocycles. The Morgan fingerprint density at radius 2 is 2.12 bits per heavy atom. The van der Waals surface area contributed by atoms with Crippen molar-refractivity contribution in [3.63, 3.8) is 0 Å². The molecule has 3 aromatic rings. The quantitative estimate of drug-likeness (QED) is 0.669. The fourth-order valence-corrected chi connectivity index (χ4v) is 2.63. The first-order valence-electron chi connectivity index (χ1n) is 8.12. The Kier molecular flexibility index (Phi) is 4.88. The van der Waals surface area contributed by atoms with Crippen LogP contribution in [0, 0.1) is 0 Å². The van der Waals surface area contributed by atoms with Crippen LogP contribution in [0.2, 0.25) is 0 Å². The number of esters is 1. The van der Waals surface area contributed by atoms with Crippen LogP contribution in [0.4, 0.5) is 5.69 Å². The van der Waals surface area contributed by atoms with E-state index in [4.69, 9.17) is 9.47 Å². The van der Waals surface area contributed by atoms with Crippen LogP contribution in [-0.2, 0) is 11.3 Å². The highest BCUT2D eigenvalue weighted by atomic mass is 16.5. The number of anilines is 1. The zero-order valence-corrected chi connectivity index (χ0v) is 14.5. The SMILES string of the molecule is COC(=O)c1ccc(OC(C)C)c(NCc2ccnc3[nH]ccc23)c1. The minimum atomic E-state index is -0.379. The summed E-state index contributed by atoms with van der Waals surface area (Å²) in [5.41, 5.74) is 3.17. The molecule has 0 saturated carbocycles. The van der Waals surface area contributed by atoms with E-state index in [1.165, 1.54) is 7.11 Å². The third kappa shape index (κ3) is 3.74. The van der Waals surface area contributed by atoms with Gasteiger partial charge in [0.15, 0.2) is 0 Å². The third-order valence-corrected chi connectivity index (χ3v) is 3.78. The molecule has 6 heteroatoms. The second-order valence-electron chi connectivity index (χ2n) is 5.93. The Bertz CT molecular complexity index is 887. The van der Waals surface area contributed by atoms with Crippen molar-refractivity contribution in [2.75, 3.05) is 12.4 Å². The van der Waals surface area contributed by atoms with Gasteiger partial charge in [-0.2, -0.15) is 0 Å². The normalized spacial score (nSPS) is 10.9. The van der Waals surface area contributed by atoms with Gasteiger partial charge in [-0.15, -0.1) is 0 Å². The van der Waals surface area contributed by atoms with E-state index in [9.17, 15) is 4.79 Å². The molecule has 0 radical (unpaired) electrons. The number of H-pyrrole nitrogens is 1. The summed E-state index contributed by atoms with van der Waals surface area (Å²) in [6.07, 6.45) is 3.67. The predicted molar refractivity (Wildman–Crippen MR) is 97.0 cm³/mol. The van der Waals surface area contributed by atoms with Gasteiger partial charge in [-0.25, -0.2) is 9.78 Å². The van der Waals surface area contributed by atoms with E-state index >= 15 is 0 Å². The Balaban J connectivity index is 1.88. The molecule has 0 fully saturated rings. The maximum Gasteiger partial charge on any atom is 0.337 e. The van der Waals surface area contributed by atoms with E-state index in [-0.39, 0.29) is 12.1 Å². The number of benzene rings is 1. The Labute approximate surface area is 146 Å². The van der Waals surface area contributed by atoms with Gasteiger partial charge in [-0.3, -0.25) is 0 Å². The number of ether oxygens (including phenoxy) is 2. The molecule has 0 atom stereocenters. The zero-order valence-electron chi connectivity index (χ0n) is 14.5. The van der Waals surface area contributed by atoms with Crippen molar-refractivity contribution in [2.45, 2.75) is 26.5 Å². The van der Waals surface area contributed by atoms with Gasteiger partial charge in [-0.05, 0) is 49.7 Å². The summed E-state index contributed by atoms with van der Waals surface area (Å²) in [4.78, 5) is 19.2. The average Bonchev–Trinajstić information content (AvgIpc) is 3.09. The Hall–Kier alpha value is -3.02. The summed E-state index contributed by atoms with van der Waals surface area (Å²) in [7, 11) is 1.37. The first-order chi connectivity index (χ1) is 12.1. The molecule has 0 aliphatic rings. The molecule has 1 aromatic carbocycles. The van der Waals surface area contributed by atoms with E-state index in [2.05, 4.69) is 15.3 Å². The highest BCUT2D eigenvalue weighted by Gasteiger charge is 2.12. The molecule has 2 N–H and O–H groups in total. The minimum absolute atomic E-state index is 0.0295. The van der Waals surface area contributed by atoms with Gasteiger partial charge < -0.3 is 19.8 Å². The van der Waals surface area contributed by atoms with Crippen molar-refractivity contribution < 1.29 is 14.3 Å². The van der Waals surface area contributed by atoms with Gasteiger partial charge in [0.05, 0.1) is 24.5 Å². The number of nitrogens with zero attached hydrogens (tertiary/aromatic N) is 1. The molecule has 130 valence electrons. The van der Waals surface area contributed by atoms with Crippen LogP contribution in [0.3, 0.4) is 0 Å². The summed E-state index contributed by atoms with van der Waals surface area (Å²) in [5.74, 6) is 0.318. The number of methoxy groups -OCH3 is 1. The van der Waals surface area contributed by atoms with Crippen LogP contribution in [0.1, 0.15) is 29.8 Å². The van der Waals surface area contributed by atoms with Gasteiger partial charge in [-0.1, -0.05) is 0 Å². The number of carbonyl (C=O) groups excluding carboxylic acids is 1. The molecule has 0 aliphatic carbocycles. The van der Waals surface area contributed by atoms with Crippen molar-refractivity contribution >= 4 is 22.7 Å². The summed E-state index contributed by atoms with van der Waals surface area (Å²) in [5, 5.41) is 4.42. The second kappa shape index (κ2) is 7.25. The van der Waals surface area contributed by atoms with E-state index in [0.29, 0.717) is 17.9 Å². The van der Waals surface area contributed by atoms with E-state index in [1.807, 2.05) is 32.2 Å². The molecule has 0 spiro atoms. The first kappa shape index (κ1) is 16.8. The van der Waals surface area contributed by atoms with Crippen LogP contribution in [0.5, 0.6) is 5.75 Å². The lowest BCUT2D eigenvalue weighted by Crippen LogP contribution is -2.10. The molecule has 25 heavy (non-hydrogen) atoms. The molecule has 0 bridgehead atoms. The van der Waals surface area contributed by atoms with Crippen molar-refractivity contribution in [3.8, 4) is 5.75 Å². The number of fused-ring (bicyclic) bond motifs is 1. The number of aromatic amines is 1. The van der Waals surface area contributed by atoms with Crippen LogP contribution in [0.15, 0.2) is 42.7 Å². The summed E-state index contributed by atoms with van der Waals surface area (Å²) in [6, 6.07) is 9.20. The summed E-state index contributed by atoms with van der Waals surface area (Å²) in [6.45, 7) is 4.50. The number of pyridine rings is 1. The number of aromatic nitrogens is 2. The van der Waals surface area contributed by atoms with Crippen molar-refractivity contribution in [3.05, 3.63) is 53.9 Å². The van der Waals surface area contributed by atoms with E-state index in [1.54, 1.807) is 24.4 Å².